The van der Waals surface area contributed by atoms with E-state index in [0.717, 1.165) is 6.42 Å². The highest BCUT2D eigenvalue weighted by Crippen LogP contribution is 2.25. The van der Waals surface area contributed by atoms with Gasteiger partial charge in [0.1, 0.15) is 7.05 Å². The molecule has 1 heteroatoms. The van der Waals surface area contributed by atoms with Crippen molar-refractivity contribution in [1.29, 1.82) is 0 Å². The number of pyridine rings is 1. The molecule has 0 aliphatic heterocycles. The van der Waals surface area contributed by atoms with Crippen molar-refractivity contribution in [2.75, 3.05) is 0 Å². The molecule has 1 aromatic heterocycles. The van der Waals surface area contributed by atoms with Crippen LogP contribution in [0, 0.1) is 19.8 Å². The molecule has 1 nitrogen and oxygen atoms in total. The normalized spacial score (nSPS) is 11.1. The summed E-state index contributed by atoms with van der Waals surface area (Å²) in [5, 5.41) is 0. The van der Waals surface area contributed by atoms with Gasteiger partial charge in [0.25, 0.3) is 0 Å². The molecule has 0 unspecified atom stereocenters. The highest BCUT2D eigenvalue weighted by molar-refractivity contribution is 5.64. The van der Waals surface area contributed by atoms with Crippen LogP contribution in [0.4, 0.5) is 0 Å². The first-order valence-electron chi connectivity index (χ1n) is 7.04. The number of aromatic nitrogens is 1. The van der Waals surface area contributed by atoms with E-state index in [0.29, 0.717) is 5.92 Å². The molecule has 2 rings (SSSR count). The van der Waals surface area contributed by atoms with Crippen LogP contribution in [0.25, 0.3) is 11.3 Å². The summed E-state index contributed by atoms with van der Waals surface area (Å²) < 4.78 is 2.25. The van der Waals surface area contributed by atoms with E-state index >= 15 is 0 Å². The van der Waals surface area contributed by atoms with Gasteiger partial charge in [0.15, 0.2) is 6.20 Å². The highest BCUT2D eigenvalue weighted by Gasteiger charge is 2.18. The molecule has 0 fully saturated rings. The van der Waals surface area contributed by atoms with Crippen LogP contribution in [0.3, 0.4) is 0 Å². The Morgan fingerprint density at radius 2 is 1.84 bits per heavy atom. The van der Waals surface area contributed by atoms with E-state index in [2.05, 4.69) is 75.8 Å². The Kier molecular flexibility index (Phi) is 4.04. The van der Waals surface area contributed by atoms with Gasteiger partial charge in [0.05, 0.1) is 0 Å². The van der Waals surface area contributed by atoms with E-state index in [4.69, 9.17) is 0 Å². The van der Waals surface area contributed by atoms with Gasteiger partial charge in [-0.3, -0.25) is 0 Å². The molecule has 2 aromatic rings. The molecule has 0 aliphatic carbocycles. The van der Waals surface area contributed by atoms with Crippen LogP contribution in [-0.4, -0.2) is 0 Å². The second kappa shape index (κ2) is 5.56. The first kappa shape index (κ1) is 13.8. The van der Waals surface area contributed by atoms with E-state index in [1.807, 2.05) is 0 Å². The van der Waals surface area contributed by atoms with Crippen LogP contribution in [0.15, 0.2) is 36.5 Å². The predicted molar refractivity (Wildman–Crippen MR) is 81.1 cm³/mol. The van der Waals surface area contributed by atoms with E-state index in [9.17, 15) is 0 Å². The lowest BCUT2D eigenvalue weighted by Gasteiger charge is -2.11. The van der Waals surface area contributed by atoms with Gasteiger partial charge in [-0.2, -0.15) is 0 Å². The Balaban J connectivity index is 2.60. The second-order valence-corrected chi connectivity index (χ2v) is 5.91. The zero-order chi connectivity index (χ0) is 14.0. The fourth-order valence-electron chi connectivity index (χ4n) is 2.72. The van der Waals surface area contributed by atoms with Crippen molar-refractivity contribution in [3.63, 3.8) is 0 Å². The summed E-state index contributed by atoms with van der Waals surface area (Å²) in [5.74, 6) is 0.673. The third kappa shape index (κ3) is 3.04. The quantitative estimate of drug-likeness (QED) is 0.729. The summed E-state index contributed by atoms with van der Waals surface area (Å²) in [6, 6.07) is 11.1. The minimum absolute atomic E-state index is 0.673. The third-order valence-electron chi connectivity index (χ3n) is 3.53. The lowest BCUT2D eigenvalue weighted by atomic mass is 9.94. The molecule has 19 heavy (non-hydrogen) atoms. The van der Waals surface area contributed by atoms with Crippen LogP contribution in [-0.2, 0) is 13.5 Å². The number of aryl methyl sites for hydroxylation is 3. The number of rotatable bonds is 3. The van der Waals surface area contributed by atoms with Gasteiger partial charge >= 0.3 is 0 Å². The SMILES string of the molecule is Cc1ccc(-c2c(CC(C)C)ccc[n+]2C)c(C)c1. The zero-order valence-electron chi connectivity index (χ0n) is 12.7. The zero-order valence-corrected chi connectivity index (χ0v) is 12.7. The Bertz CT molecular complexity index is 582. The fraction of sp³-hybridized carbons (Fsp3) is 0.389. The van der Waals surface area contributed by atoms with Crippen molar-refractivity contribution >= 4 is 0 Å². The largest absolute Gasteiger partial charge is 0.215 e. The van der Waals surface area contributed by atoms with Crippen LogP contribution in [0.1, 0.15) is 30.5 Å². The molecular weight excluding hydrogens is 230 g/mol. The lowest BCUT2D eigenvalue weighted by Crippen LogP contribution is -2.32. The molecule has 100 valence electrons. The Morgan fingerprint density at radius 3 is 2.47 bits per heavy atom. The molecule has 0 atom stereocenters. The van der Waals surface area contributed by atoms with Crippen molar-refractivity contribution in [3.05, 3.63) is 53.2 Å². The number of hydrogen-bond donors (Lipinski definition) is 0. The average Bonchev–Trinajstić information content (AvgIpc) is 2.30. The van der Waals surface area contributed by atoms with Crippen molar-refractivity contribution in [1.82, 2.24) is 0 Å². The summed E-state index contributed by atoms with van der Waals surface area (Å²) in [5.41, 5.74) is 6.82. The maximum atomic E-state index is 2.28. The highest BCUT2D eigenvalue weighted by atomic mass is 14.9. The van der Waals surface area contributed by atoms with E-state index in [1.54, 1.807) is 0 Å². The number of hydrogen-bond acceptors (Lipinski definition) is 0. The van der Waals surface area contributed by atoms with E-state index in [-0.39, 0.29) is 0 Å². The maximum Gasteiger partial charge on any atom is 0.215 e. The van der Waals surface area contributed by atoms with Crippen molar-refractivity contribution in [2.24, 2.45) is 13.0 Å². The smallest absolute Gasteiger partial charge is 0.201 e. The minimum atomic E-state index is 0.673. The number of nitrogens with zero attached hydrogens (tertiary/aromatic N) is 1. The summed E-state index contributed by atoms with van der Waals surface area (Å²) in [6.45, 7) is 8.91. The maximum absolute atomic E-state index is 2.28. The summed E-state index contributed by atoms with van der Waals surface area (Å²) >= 11 is 0. The Labute approximate surface area is 116 Å². The molecule has 0 amide bonds. The van der Waals surface area contributed by atoms with Crippen molar-refractivity contribution in [2.45, 2.75) is 34.1 Å². The second-order valence-electron chi connectivity index (χ2n) is 5.91. The van der Waals surface area contributed by atoms with Gasteiger partial charge in [-0.15, -0.1) is 0 Å². The van der Waals surface area contributed by atoms with Gasteiger partial charge in [-0.25, -0.2) is 4.57 Å². The Morgan fingerprint density at radius 1 is 1.11 bits per heavy atom. The lowest BCUT2D eigenvalue weighted by molar-refractivity contribution is -0.660. The number of benzene rings is 1. The molecular formula is C18H24N+. The standard InChI is InChI=1S/C18H24N/c1-13(2)11-16-7-6-10-19(5)18(16)17-9-8-14(3)12-15(17)4/h6-10,12-13H,11H2,1-5H3/q+1. The minimum Gasteiger partial charge on any atom is -0.201 e. The van der Waals surface area contributed by atoms with Gasteiger partial charge in [0, 0.05) is 17.2 Å². The molecule has 0 saturated carbocycles. The van der Waals surface area contributed by atoms with E-state index in [1.165, 1.54) is 27.9 Å². The van der Waals surface area contributed by atoms with Crippen LogP contribution in [0.5, 0.6) is 0 Å². The van der Waals surface area contributed by atoms with Crippen molar-refractivity contribution in [3.8, 4) is 11.3 Å². The molecule has 0 spiro atoms. The summed E-state index contributed by atoms with van der Waals surface area (Å²) in [4.78, 5) is 0. The molecule has 0 N–H and O–H groups in total. The molecule has 1 heterocycles. The van der Waals surface area contributed by atoms with Crippen LogP contribution < -0.4 is 4.57 Å². The predicted octanol–water partition coefficient (Wildman–Crippen LogP) is 3.99. The topological polar surface area (TPSA) is 3.88 Å². The van der Waals surface area contributed by atoms with Crippen LogP contribution >= 0.6 is 0 Å². The van der Waals surface area contributed by atoms with Gasteiger partial charge in [0.2, 0.25) is 5.69 Å². The molecule has 1 aromatic carbocycles. The first-order valence-corrected chi connectivity index (χ1v) is 7.04. The summed E-state index contributed by atoms with van der Waals surface area (Å²) in [7, 11) is 2.14. The third-order valence-corrected chi connectivity index (χ3v) is 3.53. The molecule has 0 aliphatic rings. The van der Waals surface area contributed by atoms with Gasteiger partial charge in [-0.1, -0.05) is 31.5 Å². The van der Waals surface area contributed by atoms with Crippen molar-refractivity contribution < 1.29 is 4.57 Å². The molecule has 0 saturated heterocycles. The fourth-order valence-corrected chi connectivity index (χ4v) is 2.72. The monoisotopic (exact) mass is 254 g/mol. The summed E-state index contributed by atoms with van der Waals surface area (Å²) in [6.07, 6.45) is 3.26. The van der Waals surface area contributed by atoms with Gasteiger partial charge < -0.3 is 0 Å². The van der Waals surface area contributed by atoms with Gasteiger partial charge in [-0.05, 0) is 43.9 Å². The first-order chi connectivity index (χ1) is 8.99. The molecule has 0 radical (unpaired) electrons. The van der Waals surface area contributed by atoms with E-state index < -0.39 is 0 Å². The Hall–Kier alpha value is -1.63. The van der Waals surface area contributed by atoms with Crippen LogP contribution in [0.2, 0.25) is 0 Å². The molecule has 0 bridgehead atoms. The average molecular weight is 254 g/mol.